The summed E-state index contributed by atoms with van der Waals surface area (Å²) in [6.45, 7) is 13.3. The standard InChI is InChI=1S/C21H33N3O6.C7H12N2O2S.C3H8/c1-6-11-29-16(7-2)14-30-17(26)12-22-20(28)23-18(21(3,4)5)19(27)24-10-8-9-15(24)13-25;8-7(11)6(10)5(9-12)3-4-1-2-4;1-3-2/h6-7,11,13,15,18H,8-10,12,14H2,1-5H3,(H2,22,23,28);4-5,9,12H,1-3H2,(H2,8,11);3H2,1-2H3/b11-6-,16-7-;;/t15-,18?;;/m0../s1. The summed E-state index contributed by atoms with van der Waals surface area (Å²) in [7, 11) is 0. The number of carbonyl (C=O) groups is 6. The Morgan fingerprint density at radius 3 is 2.18 bits per heavy atom. The molecule has 0 aromatic rings. The number of ether oxygens (including phenoxy) is 2. The monoisotopic (exact) mass is 655 g/mol. The Morgan fingerprint density at radius 1 is 1.09 bits per heavy atom. The molecule has 2 fully saturated rings. The summed E-state index contributed by atoms with van der Waals surface area (Å²) in [5.41, 5.74) is 4.26. The molecule has 1 aliphatic carbocycles. The third kappa shape index (κ3) is 17.0. The molecule has 1 aliphatic heterocycles. The Kier molecular flexibility index (Phi) is 20.5. The van der Waals surface area contributed by atoms with Crippen LogP contribution in [0.15, 0.2) is 24.2 Å². The first-order valence-corrected chi connectivity index (χ1v) is 15.8. The minimum absolute atomic E-state index is 0.0614. The topological polar surface area (TPSA) is 186 Å². The molecule has 5 N–H and O–H groups in total. The van der Waals surface area contributed by atoms with Crippen LogP contribution >= 0.6 is 12.8 Å². The summed E-state index contributed by atoms with van der Waals surface area (Å²) in [6.07, 6.45) is 11.2. The zero-order valence-corrected chi connectivity index (χ0v) is 28.6. The summed E-state index contributed by atoms with van der Waals surface area (Å²) < 4.78 is 12.8. The van der Waals surface area contributed by atoms with Gasteiger partial charge >= 0.3 is 12.0 Å². The fourth-order valence-corrected chi connectivity index (χ4v) is 4.20. The normalized spacial score (nSPS) is 17.5. The highest BCUT2D eigenvalue weighted by atomic mass is 32.1. The number of Topliss-reactive ketones (excluding diaryl/α,β-unsaturated/α-hetero) is 1. The van der Waals surface area contributed by atoms with Gasteiger partial charge in [0, 0.05) is 6.54 Å². The molecule has 3 atom stereocenters. The number of carbonyl (C=O) groups excluding carboxylic acids is 6. The van der Waals surface area contributed by atoms with Gasteiger partial charge in [0.05, 0.1) is 18.3 Å². The Labute approximate surface area is 273 Å². The number of hydrogen-bond donors (Lipinski definition) is 5. The zero-order chi connectivity index (χ0) is 34.6. The van der Waals surface area contributed by atoms with Crippen LogP contribution in [0.3, 0.4) is 0 Å². The summed E-state index contributed by atoms with van der Waals surface area (Å²) >= 11 is 3.77. The molecule has 2 unspecified atom stereocenters. The van der Waals surface area contributed by atoms with E-state index in [1.807, 2.05) is 20.8 Å². The third-order valence-corrected chi connectivity index (χ3v) is 6.87. The number of ketones is 1. The Bertz CT molecular complexity index is 1040. The first-order valence-electron chi connectivity index (χ1n) is 15.3. The van der Waals surface area contributed by atoms with Crippen molar-refractivity contribution in [3.05, 3.63) is 24.2 Å². The number of amides is 4. The summed E-state index contributed by atoms with van der Waals surface area (Å²) in [6, 6.07) is -2.48. The van der Waals surface area contributed by atoms with Gasteiger partial charge in [-0.15, -0.1) is 0 Å². The quantitative estimate of drug-likeness (QED) is 0.0617. The van der Waals surface area contributed by atoms with Crippen molar-refractivity contribution in [3.8, 4) is 0 Å². The highest BCUT2D eigenvalue weighted by Crippen LogP contribution is 2.33. The van der Waals surface area contributed by atoms with Gasteiger partial charge < -0.3 is 35.5 Å². The molecule has 1 heterocycles. The SMILES string of the molecule is C/C=C\O/C(=C\C)COC(=O)CNC(=O)NC(C(=O)N1CCC[C@H]1C=O)C(C)(C)C.CCC.NC(=O)C(=O)C(CC1CC1)NS. The molecule has 13 nitrogen and oxygen atoms in total. The summed E-state index contributed by atoms with van der Waals surface area (Å²) in [5, 5.41) is 5.03. The van der Waals surface area contributed by atoms with E-state index >= 15 is 0 Å². The van der Waals surface area contributed by atoms with Crippen LogP contribution < -0.4 is 21.1 Å². The van der Waals surface area contributed by atoms with Crippen molar-refractivity contribution in [1.29, 1.82) is 0 Å². The minimum atomic E-state index is -0.887. The molecule has 1 saturated carbocycles. The number of urea groups is 1. The second-order valence-corrected chi connectivity index (χ2v) is 12.1. The van der Waals surface area contributed by atoms with Crippen molar-refractivity contribution >= 4 is 48.7 Å². The van der Waals surface area contributed by atoms with Gasteiger partial charge in [0.25, 0.3) is 5.91 Å². The van der Waals surface area contributed by atoms with E-state index in [0.717, 1.165) is 25.5 Å². The van der Waals surface area contributed by atoms with Gasteiger partial charge in [-0.25, -0.2) is 4.79 Å². The second-order valence-electron chi connectivity index (χ2n) is 11.8. The van der Waals surface area contributed by atoms with Crippen molar-refractivity contribution in [2.24, 2.45) is 17.1 Å². The number of nitrogens with one attached hydrogen (secondary N) is 3. The lowest BCUT2D eigenvalue weighted by Crippen LogP contribution is -2.58. The highest BCUT2D eigenvalue weighted by Gasteiger charge is 2.39. The highest BCUT2D eigenvalue weighted by molar-refractivity contribution is 7.78. The average molecular weight is 656 g/mol. The number of likely N-dealkylation sites (tertiary alicyclic amines) is 1. The Hall–Kier alpha value is -3.39. The number of allylic oxidation sites excluding steroid dienone is 2. The molecule has 0 bridgehead atoms. The lowest BCUT2D eigenvalue weighted by atomic mass is 9.85. The maximum absolute atomic E-state index is 12.9. The number of thiol groups is 1. The Balaban J connectivity index is 0.00000106. The van der Waals surface area contributed by atoms with Gasteiger partial charge in [0.1, 0.15) is 31.2 Å². The molecule has 2 rings (SSSR count). The largest absolute Gasteiger partial charge is 0.466 e. The molecule has 0 aromatic heterocycles. The number of nitrogens with zero attached hydrogens (tertiary/aromatic N) is 1. The van der Waals surface area contributed by atoms with Crippen LogP contribution in [0, 0.1) is 11.3 Å². The molecule has 256 valence electrons. The maximum Gasteiger partial charge on any atom is 0.325 e. The van der Waals surface area contributed by atoms with Crippen LogP contribution in [0.5, 0.6) is 0 Å². The van der Waals surface area contributed by atoms with E-state index in [4.69, 9.17) is 15.2 Å². The van der Waals surface area contributed by atoms with E-state index in [0.29, 0.717) is 31.1 Å². The van der Waals surface area contributed by atoms with Crippen LogP contribution in [0.1, 0.15) is 87.0 Å². The molecule has 4 amide bonds. The average Bonchev–Trinajstić information content (AvgIpc) is 3.69. The molecule has 0 radical (unpaired) electrons. The lowest BCUT2D eigenvalue weighted by Gasteiger charge is -2.34. The summed E-state index contributed by atoms with van der Waals surface area (Å²) in [4.78, 5) is 71.4. The lowest BCUT2D eigenvalue weighted by molar-refractivity contribution is -0.142. The molecule has 1 saturated heterocycles. The number of rotatable bonds is 14. The van der Waals surface area contributed by atoms with Gasteiger partial charge in [0.2, 0.25) is 11.7 Å². The molecule has 0 aromatic carbocycles. The van der Waals surface area contributed by atoms with Gasteiger partial charge in [-0.1, -0.05) is 72.8 Å². The van der Waals surface area contributed by atoms with E-state index in [1.165, 1.54) is 17.6 Å². The molecule has 2 aliphatic rings. The van der Waals surface area contributed by atoms with Crippen LogP contribution in [0.2, 0.25) is 0 Å². The fourth-order valence-electron chi connectivity index (χ4n) is 3.98. The van der Waals surface area contributed by atoms with Crippen molar-refractivity contribution in [1.82, 2.24) is 20.3 Å². The van der Waals surface area contributed by atoms with E-state index in [2.05, 4.69) is 42.0 Å². The first-order chi connectivity index (χ1) is 21.2. The number of nitrogens with two attached hydrogens (primary N) is 1. The molecule has 14 heteroatoms. The van der Waals surface area contributed by atoms with E-state index in [-0.39, 0.29) is 19.1 Å². The fraction of sp³-hybridized carbons (Fsp3) is 0.677. The van der Waals surface area contributed by atoms with Crippen molar-refractivity contribution < 1.29 is 38.2 Å². The molecule has 45 heavy (non-hydrogen) atoms. The molecule has 0 spiro atoms. The number of aldehydes is 1. The van der Waals surface area contributed by atoms with Crippen LogP contribution in [-0.2, 0) is 33.4 Å². The third-order valence-electron chi connectivity index (χ3n) is 6.56. The Morgan fingerprint density at radius 2 is 1.71 bits per heavy atom. The van der Waals surface area contributed by atoms with Gasteiger partial charge in [0.15, 0.2) is 0 Å². The smallest absolute Gasteiger partial charge is 0.325 e. The van der Waals surface area contributed by atoms with Crippen molar-refractivity contribution in [2.75, 3.05) is 19.7 Å². The van der Waals surface area contributed by atoms with Crippen LogP contribution in [-0.4, -0.2) is 78.6 Å². The summed E-state index contributed by atoms with van der Waals surface area (Å²) in [5.74, 6) is -1.39. The minimum Gasteiger partial charge on any atom is -0.466 e. The first kappa shape index (κ1) is 41.6. The van der Waals surface area contributed by atoms with Gasteiger partial charge in [-0.2, -0.15) is 0 Å². The van der Waals surface area contributed by atoms with Crippen molar-refractivity contribution in [3.63, 3.8) is 0 Å². The molecular formula is C31H53N5O8S. The second kappa shape index (κ2) is 22.2. The number of hydrogen-bond acceptors (Lipinski definition) is 10. The van der Waals surface area contributed by atoms with Gasteiger partial charge in [-0.05, 0) is 50.5 Å². The van der Waals surface area contributed by atoms with Crippen LogP contribution in [0.4, 0.5) is 4.79 Å². The zero-order valence-electron chi connectivity index (χ0n) is 27.7. The van der Waals surface area contributed by atoms with E-state index in [1.54, 1.807) is 26.0 Å². The number of esters is 1. The predicted molar refractivity (Wildman–Crippen MR) is 175 cm³/mol. The van der Waals surface area contributed by atoms with Crippen LogP contribution in [0.25, 0.3) is 0 Å². The predicted octanol–water partition coefficient (Wildman–Crippen LogP) is 2.95. The number of primary amides is 1. The van der Waals surface area contributed by atoms with E-state index < -0.39 is 47.2 Å². The van der Waals surface area contributed by atoms with Gasteiger partial charge in [-0.3, -0.25) is 23.9 Å². The maximum atomic E-state index is 12.9. The molecular weight excluding hydrogens is 602 g/mol. The van der Waals surface area contributed by atoms with Crippen molar-refractivity contribution in [2.45, 2.75) is 105 Å². The van der Waals surface area contributed by atoms with E-state index in [9.17, 15) is 28.8 Å².